The van der Waals surface area contributed by atoms with Crippen LogP contribution >= 0.6 is 0 Å². The molecular formula is C20H19NO3. The molecule has 1 N–H and O–H groups in total. The number of hydrogen-bond acceptors (Lipinski definition) is 3. The highest BCUT2D eigenvalue weighted by Gasteiger charge is 2.07. The number of hydrogen-bond donors (Lipinski definition) is 1. The van der Waals surface area contributed by atoms with Gasteiger partial charge in [0.25, 0.3) is 0 Å². The first-order valence-electron chi connectivity index (χ1n) is 7.51. The number of rotatable bonds is 4. The van der Waals surface area contributed by atoms with Crippen molar-refractivity contribution in [2.45, 2.75) is 12.8 Å². The molecule has 0 atom stereocenters. The van der Waals surface area contributed by atoms with Gasteiger partial charge in [-0.2, -0.15) is 0 Å². The molecule has 1 aliphatic rings. The Labute approximate surface area is 141 Å². The molecule has 0 radical (unpaired) electrons. The molecule has 0 saturated carbocycles. The van der Waals surface area contributed by atoms with Crippen molar-refractivity contribution in [3.63, 3.8) is 0 Å². The van der Waals surface area contributed by atoms with Crippen LogP contribution in [-0.2, 0) is 4.84 Å². The quantitative estimate of drug-likeness (QED) is 0.649. The van der Waals surface area contributed by atoms with Crippen molar-refractivity contribution in [3.05, 3.63) is 96.3 Å². The van der Waals surface area contributed by atoms with E-state index in [1.807, 2.05) is 24.3 Å². The second-order valence-electron chi connectivity index (χ2n) is 5.17. The van der Waals surface area contributed by atoms with Crippen LogP contribution in [0, 0.1) is 0 Å². The van der Waals surface area contributed by atoms with Crippen LogP contribution in [0.15, 0.2) is 90.4 Å². The van der Waals surface area contributed by atoms with Crippen molar-refractivity contribution in [1.82, 2.24) is 0 Å². The van der Waals surface area contributed by atoms with E-state index >= 15 is 0 Å². The molecule has 0 spiro atoms. The van der Waals surface area contributed by atoms with Crippen LogP contribution < -0.4 is 0 Å². The molecule has 24 heavy (non-hydrogen) atoms. The molecule has 0 aliphatic carbocycles. The number of aromatic carboxylic acids is 1. The Kier molecular flexibility index (Phi) is 6.08. The van der Waals surface area contributed by atoms with Crippen LogP contribution in [0.4, 0.5) is 0 Å². The predicted octanol–water partition coefficient (Wildman–Crippen LogP) is 4.64. The van der Waals surface area contributed by atoms with E-state index < -0.39 is 5.97 Å². The summed E-state index contributed by atoms with van der Waals surface area (Å²) in [5.41, 5.74) is 2.80. The molecule has 0 saturated heterocycles. The lowest BCUT2D eigenvalue weighted by molar-refractivity contribution is 0.0697. The van der Waals surface area contributed by atoms with E-state index in [1.54, 1.807) is 30.3 Å². The van der Waals surface area contributed by atoms with Crippen LogP contribution in [0.25, 0.3) is 0 Å². The van der Waals surface area contributed by atoms with E-state index in [1.165, 1.54) is 0 Å². The molecule has 1 aliphatic heterocycles. The first-order valence-corrected chi connectivity index (χ1v) is 7.51. The molecule has 0 fully saturated rings. The molecule has 122 valence electrons. The summed E-state index contributed by atoms with van der Waals surface area (Å²) < 4.78 is 0. The van der Waals surface area contributed by atoms with Crippen LogP contribution in [0.1, 0.15) is 28.8 Å². The standard InChI is InChI=1S/C20H19NO3/c1-3-4-7-16-8-5-6-9-19(21-24-15(2)14-16)17-10-12-18(13-11-17)20(22)23/h3-7,10-14H,1-2,8-9H2,(H,22,23)/b6-5-,7-4+,16-14-,21-19+. The molecule has 0 unspecified atom stereocenters. The Morgan fingerprint density at radius 3 is 2.58 bits per heavy atom. The minimum Gasteiger partial charge on any atom is -0.478 e. The molecule has 4 nitrogen and oxygen atoms in total. The van der Waals surface area contributed by atoms with Crippen molar-refractivity contribution in [2.75, 3.05) is 0 Å². The smallest absolute Gasteiger partial charge is 0.335 e. The van der Waals surface area contributed by atoms with Crippen LogP contribution in [0.5, 0.6) is 0 Å². The molecule has 1 aromatic rings. The number of carbonyl (C=O) groups is 1. The summed E-state index contributed by atoms with van der Waals surface area (Å²) >= 11 is 0. The normalized spacial score (nSPS) is 21.1. The van der Waals surface area contributed by atoms with Gasteiger partial charge in [0.15, 0.2) is 5.76 Å². The van der Waals surface area contributed by atoms with Crippen molar-refractivity contribution in [2.24, 2.45) is 5.16 Å². The Morgan fingerprint density at radius 1 is 1.21 bits per heavy atom. The van der Waals surface area contributed by atoms with Crippen molar-refractivity contribution in [1.29, 1.82) is 0 Å². The van der Waals surface area contributed by atoms with Crippen LogP contribution in [0.2, 0.25) is 0 Å². The lowest BCUT2D eigenvalue weighted by Gasteiger charge is -2.08. The topological polar surface area (TPSA) is 58.9 Å². The van der Waals surface area contributed by atoms with Crippen molar-refractivity contribution < 1.29 is 14.7 Å². The maximum atomic E-state index is 10.9. The molecule has 0 bridgehead atoms. The Morgan fingerprint density at radius 2 is 1.92 bits per heavy atom. The summed E-state index contributed by atoms with van der Waals surface area (Å²) in [5, 5.41) is 13.1. The molecule has 1 heterocycles. The summed E-state index contributed by atoms with van der Waals surface area (Å²) in [6.45, 7) is 7.50. The minimum absolute atomic E-state index is 0.238. The van der Waals surface area contributed by atoms with Gasteiger partial charge in [-0.3, -0.25) is 0 Å². The molecule has 4 heteroatoms. The second kappa shape index (κ2) is 8.48. The lowest BCUT2D eigenvalue weighted by Crippen LogP contribution is -2.03. The minimum atomic E-state index is -0.954. The summed E-state index contributed by atoms with van der Waals surface area (Å²) in [4.78, 5) is 16.3. The SMILES string of the molecule is C=C/C=C/C1=C/C(=C)O/N=C(/c2ccc(C(=O)O)cc2)C/C=C\C1. The highest BCUT2D eigenvalue weighted by Crippen LogP contribution is 2.15. The van der Waals surface area contributed by atoms with Crippen molar-refractivity contribution in [3.8, 4) is 0 Å². The fourth-order valence-corrected chi connectivity index (χ4v) is 2.14. The number of allylic oxidation sites excluding steroid dienone is 7. The molecule has 2 rings (SSSR count). The van der Waals surface area contributed by atoms with E-state index in [0.29, 0.717) is 17.9 Å². The average Bonchev–Trinajstić information content (AvgIpc) is 2.58. The van der Waals surface area contributed by atoms with E-state index in [0.717, 1.165) is 17.6 Å². The predicted molar refractivity (Wildman–Crippen MR) is 96.0 cm³/mol. The first-order chi connectivity index (χ1) is 11.6. The highest BCUT2D eigenvalue weighted by molar-refractivity contribution is 6.01. The van der Waals surface area contributed by atoms with E-state index in [9.17, 15) is 4.79 Å². The van der Waals surface area contributed by atoms with Gasteiger partial charge in [-0.05, 0) is 35.8 Å². The first kappa shape index (κ1) is 17.2. The van der Waals surface area contributed by atoms with Gasteiger partial charge in [-0.25, -0.2) is 4.79 Å². The van der Waals surface area contributed by atoms with Gasteiger partial charge in [0.05, 0.1) is 11.3 Å². The zero-order chi connectivity index (χ0) is 17.4. The fraction of sp³-hybridized carbons (Fsp3) is 0.100. The molecule has 0 aromatic heterocycles. The van der Waals surface area contributed by atoms with E-state index in [4.69, 9.17) is 9.94 Å². The number of oxime groups is 1. The third-order valence-corrected chi connectivity index (χ3v) is 3.36. The lowest BCUT2D eigenvalue weighted by atomic mass is 10.0. The Hall–Kier alpha value is -3.14. The zero-order valence-electron chi connectivity index (χ0n) is 13.3. The number of carboxylic acid groups (broad SMARTS) is 1. The zero-order valence-corrected chi connectivity index (χ0v) is 13.3. The summed E-state index contributed by atoms with van der Waals surface area (Å²) in [5.74, 6) is -0.516. The molecular weight excluding hydrogens is 302 g/mol. The van der Waals surface area contributed by atoms with Crippen molar-refractivity contribution >= 4 is 11.7 Å². The fourth-order valence-electron chi connectivity index (χ4n) is 2.14. The monoisotopic (exact) mass is 321 g/mol. The maximum Gasteiger partial charge on any atom is 0.335 e. The van der Waals surface area contributed by atoms with E-state index in [-0.39, 0.29) is 5.56 Å². The van der Waals surface area contributed by atoms with Gasteiger partial charge >= 0.3 is 5.97 Å². The third-order valence-electron chi connectivity index (χ3n) is 3.36. The number of nitrogens with zero attached hydrogens (tertiary/aromatic N) is 1. The second-order valence-corrected chi connectivity index (χ2v) is 5.17. The third kappa shape index (κ3) is 4.95. The van der Waals surface area contributed by atoms with Crippen LogP contribution in [-0.4, -0.2) is 16.8 Å². The summed E-state index contributed by atoms with van der Waals surface area (Å²) in [6, 6.07) is 6.55. The summed E-state index contributed by atoms with van der Waals surface area (Å²) in [7, 11) is 0. The van der Waals surface area contributed by atoms with E-state index in [2.05, 4.69) is 24.4 Å². The summed E-state index contributed by atoms with van der Waals surface area (Å²) in [6.07, 6.45) is 12.7. The van der Waals surface area contributed by atoms with Gasteiger partial charge in [0.2, 0.25) is 0 Å². The molecule has 0 amide bonds. The Balaban J connectivity index is 2.23. The van der Waals surface area contributed by atoms with Gasteiger partial charge in [0.1, 0.15) is 0 Å². The van der Waals surface area contributed by atoms with Gasteiger partial charge in [0, 0.05) is 6.42 Å². The Bertz CT molecular complexity index is 750. The maximum absolute atomic E-state index is 10.9. The number of benzene rings is 1. The highest BCUT2D eigenvalue weighted by atomic mass is 16.6. The van der Waals surface area contributed by atoms with Crippen LogP contribution in [0.3, 0.4) is 0 Å². The average molecular weight is 321 g/mol. The largest absolute Gasteiger partial charge is 0.478 e. The van der Waals surface area contributed by atoms with Gasteiger partial charge in [-0.1, -0.05) is 60.8 Å². The number of carboxylic acids is 1. The van der Waals surface area contributed by atoms with Gasteiger partial charge in [-0.15, -0.1) is 0 Å². The molecule has 1 aromatic carbocycles. The van der Waals surface area contributed by atoms with Gasteiger partial charge < -0.3 is 9.94 Å².